The lowest BCUT2D eigenvalue weighted by Crippen LogP contribution is -2.06. The van der Waals surface area contributed by atoms with Gasteiger partial charge in [-0.25, -0.2) is 4.39 Å². The van der Waals surface area contributed by atoms with Crippen molar-refractivity contribution in [1.29, 1.82) is 0 Å². The first-order chi connectivity index (χ1) is 14.5. The van der Waals surface area contributed by atoms with Crippen LogP contribution in [0.3, 0.4) is 0 Å². The number of benzene rings is 2. The van der Waals surface area contributed by atoms with Crippen molar-refractivity contribution in [2.75, 3.05) is 5.75 Å². The third-order valence-corrected chi connectivity index (χ3v) is 5.55. The number of halogens is 1. The average Bonchev–Trinajstić information content (AvgIpc) is 3.17. The van der Waals surface area contributed by atoms with E-state index >= 15 is 0 Å². The highest BCUT2D eigenvalue weighted by molar-refractivity contribution is 7.99. The second-order valence-electron chi connectivity index (χ2n) is 6.87. The van der Waals surface area contributed by atoms with E-state index in [1.54, 1.807) is 6.20 Å². The van der Waals surface area contributed by atoms with E-state index in [0.29, 0.717) is 22.2 Å². The Morgan fingerprint density at radius 1 is 1.03 bits per heavy atom. The molecule has 0 atom stereocenters. The van der Waals surface area contributed by atoms with Crippen molar-refractivity contribution in [1.82, 2.24) is 19.7 Å². The first-order valence-corrected chi connectivity index (χ1v) is 10.4. The molecule has 4 aromatic rings. The van der Waals surface area contributed by atoms with Gasteiger partial charge in [0.2, 0.25) is 0 Å². The van der Waals surface area contributed by atoms with Crippen LogP contribution >= 0.6 is 11.8 Å². The Kier molecular flexibility index (Phi) is 5.72. The van der Waals surface area contributed by atoms with Crippen LogP contribution in [0.2, 0.25) is 0 Å². The molecule has 4 rings (SSSR count). The fraction of sp³-hybridized carbons (Fsp3) is 0.130. The first-order valence-electron chi connectivity index (χ1n) is 9.39. The molecular weight excluding hydrogens is 399 g/mol. The highest BCUT2D eigenvalue weighted by Gasteiger charge is 2.19. The predicted molar refractivity (Wildman–Crippen MR) is 116 cm³/mol. The van der Waals surface area contributed by atoms with Crippen molar-refractivity contribution in [2.24, 2.45) is 0 Å². The summed E-state index contributed by atoms with van der Waals surface area (Å²) in [6.45, 7) is 4.07. The molecule has 0 N–H and O–H groups in total. The van der Waals surface area contributed by atoms with Crippen LogP contribution in [0, 0.1) is 19.7 Å². The molecule has 0 aliphatic carbocycles. The smallest absolute Gasteiger partial charge is 0.196 e. The van der Waals surface area contributed by atoms with Gasteiger partial charge in [-0.3, -0.25) is 14.3 Å². The Bertz CT molecular complexity index is 1190. The van der Waals surface area contributed by atoms with Crippen LogP contribution in [-0.2, 0) is 0 Å². The van der Waals surface area contributed by atoms with Crippen LogP contribution in [-0.4, -0.2) is 31.3 Å². The van der Waals surface area contributed by atoms with Gasteiger partial charge in [0.25, 0.3) is 0 Å². The van der Waals surface area contributed by atoms with Gasteiger partial charge in [0.1, 0.15) is 11.5 Å². The largest absolute Gasteiger partial charge is 0.293 e. The number of thioether (sulfide) groups is 1. The molecule has 2 aromatic heterocycles. The Morgan fingerprint density at radius 2 is 1.83 bits per heavy atom. The molecule has 0 radical (unpaired) electrons. The van der Waals surface area contributed by atoms with Crippen LogP contribution < -0.4 is 0 Å². The summed E-state index contributed by atoms with van der Waals surface area (Å²) < 4.78 is 15.1. The Hall–Kier alpha value is -3.32. The van der Waals surface area contributed by atoms with E-state index in [0.717, 1.165) is 16.8 Å². The fourth-order valence-corrected chi connectivity index (χ4v) is 3.99. The fourth-order valence-electron chi connectivity index (χ4n) is 3.15. The number of hydrogen-bond donors (Lipinski definition) is 0. The van der Waals surface area contributed by atoms with E-state index < -0.39 is 0 Å². The van der Waals surface area contributed by atoms with Gasteiger partial charge in [-0.05, 0) is 61.9 Å². The van der Waals surface area contributed by atoms with Gasteiger partial charge in [0.15, 0.2) is 16.8 Å². The van der Waals surface area contributed by atoms with Crippen molar-refractivity contribution in [3.63, 3.8) is 0 Å². The SMILES string of the molecule is Cc1ccc(-n2c(SCC(=O)c3ccc(F)cc3)nnc2-c2ccccn2)c(C)c1. The zero-order chi connectivity index (χ0) is 21.1. The minimum absolute atomic E-state index is 0.102. The number of Topliss-reactive ketones (excluding diaryl/α,β-unsaturated/α-hetero) is 1. The predicted octanol–water partition coefficient (Wildman–Crippen LogP) is 5.06. The molecule has 5 nitrogen and oxygen atoms in total. The molecule has 0 aliphatic rings. The molecular formula is C23H19FN4OS. The molecule has 2 heterocycles. The number of hydrogen-bond acceptors (Lipinski definition) is 5. The maximum atomic E-state index is 13.1. The van der Waals surface area contributed by atoms with Gasteiger partial charge in [-0.1, -0.05) is 35.5 Å². The van der Waals surface area contributed by atoms with Gasteiger partial charge < -0.3 is 0 Å². The Morgan fingerprint density at radius 3 is 2.53 bits per heavy atom. The van der Waals surface area contributed by atoms with Crippen LogP contribution in [0.5, 0.6) is 0 Å². The van der Waals surface area contributed by atoms with Crippen LogP contribution in [0.4, 0.5) is 4.39 Å². The summed E-state index contributed by atoms with van der Waals surface area (Å²) >= 11 is 1.30. The van der Waals surface area contributed by atoms with Gasteiger partial charge in [0, 0.05) is 11.8 Å². The van der Waals surface area contributed by atoms with Crippen molar-refractivity contribution >= 4 is 17.5 Å². The minimum atomic E-state index is -0.367. The second kappa shape index (κ2) is 8.59. The summed E-state index contributed by atoms with van der Waals surface area (Å²) in [6, 6.07) is 17.3. The molecule has 2 aromatic carbocycles. The Balaban J connectivity index is 1.70. The number of pyridine rings is 1. The number of carbonyl (C=O) groups is 1. The number of rotatable bonds is 6. The quantitative estimate of drug-likeness (QED) is 0.324. The molecule has 0 fully saturated rings. The van der Waals surface area contributed by atoms with Crippen LogP contribution in [0.25, 0.3) is 17.2 Å². The number of carbonyl (C=O) groups excluding carboxylic acids is 1. The number of aromatic nitrogens is 4. The maximum Gasteiger partial charge on any atom is 0.196 e. The monoisotopic (exact) mass is 418 g/mol. The van der Waals surface area contributed by atoms with E-state index in [1.807, 2.05) is 48.7 Å². The standard InChI is InChI=1S/C23H19FN4OS/c1-15-6-11-20(16(2)13-15)28-22(19-5-3-4-12-25-19)26-27-23(28)30-14-21(29)17-7-9-18(24)10-8-17/h3-13H,14H2,1-2H3. The number of ketones is 1. The normalized spacial score (nSPS) is 10.9. The van der Waals surface area contributed by atoms with Gasteiger partial charge in [-0.15, -0.1) is 10.2 Å². The third kappa shape index (κ3) is 4.16. The summed E-state index contributed by atoms with van der Waals surface area (Å²) in [4.78, 5) is 17.0. The van der Waals surface area contributed by atoms with Crippen molar-refractivity contribution < 1.29 is 9.18 Å². The summed E-state index contributed by atoms with van der Waals surface area (Å²) in [5.41, 5.74) is 4.32. The summed E-state index contributed by atoms with van der Waals surface area (Å²) in [5, 5.41) is 9.29. The van der Waals surface area contributed by atoms with E-state index in [-0.39, 0.29) is 17.4 Å². The van der Waals surface area contributed by atoms with Crippen molar-refractivity contribution in [3.05, 3.63) is 89.4 Å². The first kappa shape index (κ1) is 20.0. The van der Waals surface area contributed by atoms with E-state index in [4.69, 9.17) is 0 Å². The molecule has 7 heteroatoms. The summed E-state index contributed by atoms with van der Waals surface area (Å²) in [6.07, 6.45) is 1.71. The lowest BCUT2D eigenvalue weighted by Gasteiger charge is -2.13. The highest BCUT2D eigenvalue weighted by Crippen LogP contribution is 2.29. The van der Waals surface area contributed by atoms with Crippen molar-refractivity contribution in [2.45, 2.75) is 19.0 Å². The van der Waals surface area contributed by atoms with Gasteiger partial charge in [-0.2, -0.15) is 0 Å². The zero-order valence-corrected chi connectivity index (χ0v) is 17.4. The molecule has 150 valence electrons. The number of aryl methyl sites for hydroxylation is 2. The third-order valence-electron chi connectivity index (χ3n) is 4.62. The van der Waals surface area contributed by atoms with Gasteiger partial charge >= 0.3 is 0 Å². The molecule has 30 heavy (non-hydrogen) atoms. The van der Waals surface area contributed by atoms with Crippen molar-refractivity contribution in [3.8, 4) is 17.2 Å². The molecule has 0 saturated heterocycles. The van der Waals surface area contributed by atoms with Gasteiger partial charge in [0.05, 0.1) is 11.4 Å². The second-order valence-corrected chi connectivity index (χ2v) is 7.81. The molecule has 0 aliphatic heterocycles. The number of nitrogens with zero attached hydrogens (tertiary/aromatic N) is 4. The lowest BCUT2D eigenvalue weighted by atomic mass is 10.1. The van der Waals surface area contributed by atoms with E-state index in [1.165, 1.54) is 36.0 Å². The molecule has 0 unspecified atom stereocenters. The maximum absolute atomic E-state index is 13.1. The van der Waals surface area contributed by atoms with Crippen LogP contribution in [0.1, 0.15) is 21.5 Å². The summed E-state index contributed by atoms with van der Waals surface area (Å²) in [5.74, 6) is 0.305. The Labute approximate surface area is 178 Å². The molecule has 0 bridgehead atoms. The molecule has 0 saturated carbocycles. The zero-order valence-electron chi connectivity index (χ0n) is 16.5. The molecule has 0 amide bonds. The van der Waals surface area contributed by atoms with E-state index in [9.17, 15) is 9.18 Å². The summed E-state index contributed by atoms with van der Waals surface area (Å²) in [7, 11) is 0. The van der Waals surface area contributed by atoms with Crippen LogP contribution in [0.15, 0.2) is 72.0 Å². The van der Waals surface area contributed by atoms with E-state index in [2.05, 4.69) is 21.2 Å². The minimum Gasteiger partial charge on any atom is -0.293 e. The lowest BCUT2D eigenvalue weighted by molar-refractivity contribution is 0.102. The topological polar surface area (TPSA) is 60.7 Å². The average molecular weight is 418 g/mol. The highest BCUT2D eigenvalue weighted by atomic mass is 32.2. The molecule has 0 spiro atoms.